The minimum atomic E-state index is -1.24. The van der Waals surface area contributed by atoms with Crippen LogP contribution in [-0.4, -0.2) is 23.0 Å². The summed E-state index contributed by atoms with van der Waals surface area (Å²) in [5, 5.41) is 14.2. The molecule has 0 aliphatic rings. The maximum atomic E-state index is 13.5. The first-order valence-corrected chi connectivity index (χ1v) is 7.36. The Labute approximate surface area is 143 Å². The van der Waals surface area contributed by atoms with Crippen LogP contribution >= 0.6 is 0 Å². The molecule has 3 N–H and O–H groups in total. The highest BCUT2D eigenvalue weighted by Crippen LogP contribution is 2.20. The quantitative estimate of drug-likeness (QED) is 0.720. The molecule has 1 atom stereocenters. The lowest BCUT2D eigenvalue weighted by molar-refractivity contribution is -0.139. The normalized spacial score (nSPS) is 11.4. The lowest BCUT2D eigenvalue weighted by Gasteiger charge is -2.16. The fraction of sp³-hybridized carbons (Fsp3) is 0.111. The number of hydrogen-bond acceptors (Lipinski definition) is 3. The third kappa shape index (κ3) is 4.63. The Balaban J connectivity index is 2.25. The Morgan fingerprint density at radius 2 is 1.80 bits per heavy atom. The zero-order valence-electron chi connectivity index (χ0n) is 13.1. The van der Waals surface area contributed by atoms with E-state index < -0.39 is 29.6 Å². The van der Waals surface area contributed by atoms with Gasteiger partial charge in [0.2, 0.25) is 0 Å². The largest absolute Gasteiger partial charge is 0.480 e. The average molecular weight is 346 g/mol. The molecule has 130 valence electrons. The predicted molar refractivity (Wildman–Crippen MR) is 89.2 cm³/mol. The minimum absolute atomic E-state index is 0.0183. The number of anilines is 1. The van der Waals surface area contributed by atoms with Crippen molar-refractivity contribution in [3.05, 3.63) is 78.0 Å². The van der Waals surface area contributed by atoms with Gasteiger partial charge in [0, 0.05) is 12.5 Å². The van der Waals surface area contributed by atoms with Crippen LogP contribution in [0.1, 0.15) is 15.9 Å². The molecule has 0 aromatic heterocycles. The number of carboxylic acid groups (broad SMARTS) is 1. The van der Waals surface area contributed by atoms with Crippen LogP contribution in [0, 0.1) is 11.6 Å². The number of nitrogens with one attached hydrogen (secondary N) is 2. The fourth-order valence-corrected chi connectivity index (χ4v) is 2.25. The van der Waals surface area contributed by atoms with Crippen molar-refractivity contribution in [1.29, 1.82) is 0 Å². The summed E-state index contributed by atoms with van der Waals surface area (Å²) < 4.78 is 26.8. The van der Waals surface area contributed by atoms with Crippen molar-refractivity contribution >= 4 is 17.6 Å². The molecule has 0 heterocycles. The van der Waals surface area contributed by atoms with Gasteiger partial charge in [-0.2, -0.15) is 0 Å². The van der Waals surface area contributed by atoms with E-state index in [1.807, 2.05) is 0 Å². The van der Waals surface area contributed by atoms with Gasteiger partial charge in [-0.05, 0) is 17.8 Å². The van der Waals surface area contributed by atoms with E-state index in [0.29, 0.717) is 11.6 Å². The number of carbonyl (C=O) groups excluding carboxylic acids is 1. The van der Waals surface area contributed by atoms with Crippen molar-refractivity contribution in [2.75, 3.05) is 5.32 Å². The summed E-state index contributed by atoms with van der Waals surface area (Å²) in [7, 11) is 0. The number of rotatable bonds is 7. The zero-order valence-corrected chi connectivity index (χ0v) is 13.1. The van der Waals surface area contributed by atoms with Crippen LogP contribution in [0.2, 0.25) is 0 Å². The Morgan fingerprint density at radius 1 is 1.16 bits per heavy atom. The lowest BCUT2D eigenvalue weighted by Crippen LogP contribution is -2.42. The molecule has 0 bridgehead atoms. The molecule has 0 fully saturated rings. The Morgan fingerprint density at radius 3 is 2.40 bits per heavy atom. The Bertz CT molecular complexity index is 794. The van der Waals surface area contributed by atoms with Crippen molar-refractivity contribution in [2.24, 2.45) is 0 Å². The first-order valence-electron chi connectivity index (χ1n) is 7.36. The number of hydrogen-bond donors (Lipinski definition) is 3. The van der Waals surface area contributed by atoms with Crippen molar-refractivity contribution in [1.82, 2.24) is 5.32 Å². The summed E-state index contributed by atoms with van der Waals surface area (Å²) in [6.45, 7) is 3.40. The molecule has 0 saturated carbocycles. The number of halogens is 2. The van der Waals surface area contributed by atoms with Crippen LogP contribution in [0.25, 0.3) is 0 Å². The first-order chi connectivity index (χ1) is 11.9. The standard InChI is InChI=1S/C18H16F2N2O3/c1-2-21-15-10-14(20)13(19)9-12(15)17(23)22-16(18(24)25)8-11-6-4-3-5-7-11/h2-7,9-10,16,21H,1,8H2,(H,22,23)(H,24,25)/t16-/m0/s1. The van der Waals surface area contributed by atoms with Gasteiger partial charge in [0.1, 0.15) is 6.04 Å². The SMILES string of the molecule is C=CNc1cc(F)c(F)cc1C(=O)N[C@@H](Cc1ccccc1)C(=O)O. The number of carboxylic acids is 1. The van der Waals surface area contributed by atoms with Crippen LogP contribution in [-0.2, 0) is 11.2 Å². The molecule has 0 unspecified atom stereocenters. The summed E-state index contributed by atoms with van der Waals surface area (Å²) in [5.74, 6) is -4.43. The van der Waals surface area contributed by atoms with Crippen molar-refractivity contribution in [2.45, 2.75) is 12.5 Å². The first kappa shape index (κ1) is 18.1. The van der Waals surface area contributed by atoms with Gasteiger partial charge < -0.3 is 15.7 Å². The second kappa shape index (κ2) is 8.05. The molecule has 0 saturated heterocycles. The highest BCUT2D eigenvalue weighted by atomic mass is 19.2. The van der Waals surface area contributed by atoms with E-state index in [0.717, 1.165) is 6.07 Å². The topological polar surface area (TPSA) is 78.4 Å². The molecular formula is C18H16F2N2O3. The van der Waals surface area contributed by atoms with E-state index in [4.69, 9.17) is 0 Å². The Hall–Kier alpha value is -3.22. The second-order valence-corrected chi connectivity index (χ2v) is 5.21. The van der Waals surface area contributed by atoms with Crippen molar-refractivity contribution < 1.29 is 23.5 Å². The molecule has 2 aromatic carbocycles. The van der Waals surface area contributed by atoms with Crippen LogP contribution in [0.4, 0.5) is 14.5 Å². The molecule has 2 aromatic rings. The maximum absolute atomic E-state index is 13.5. The van der Waals surface area contributed by atoms with Gasteiger partial charge >= 0.3 is 5.97 Å². The number of carbonyl (C=O) groups is 2. The minimum Gasteiger partial charge on any atom is -0.480 e. The molecule has 1 amide bonds. The molecule has 7 heteroatoms. The van der Waals surface area contributed by atoms with Gasteiger partial charge in [0.25, 0.3) is 5.91 Å². The van der Waals surface area contributed by atoms with Crippen LogP contribution < -0.4 is 10.6 Å². The van der Waals surface area contributed by atoms with Gasteiger partial charge in [-0.25, -0.2) is 13.6 Å². The smallest absolute Gasteiger partial charge is 0.326 e. The van der Waals surface area contributed by atoms with E-state index in [1.54, 1.807) is 30.3 Å². The maximum Gasteiger partial charge on any atom is 0.326 e. The highest BCUT2D eigenvalue weighted by Gasteiger charge is 2.23. The van der Waals surface area contributed by atoms with E-state index in [-0.39, 0.29) is 17.7 Å². The zero-order chi connectivity index (χ0) is 18.4. The fourth-order valence-electron chi connectivity index (χ4n) is 2.25. The molecule has 0 radical (unpaired) electrons. The third-order valence-corrected chi connectivity index (χ3v) is 3.45. The monoisotopic (exact) mass is 346 g/mol. The molecule has 5 nitrogen and oxygen atoms in total. The van der Waals surface area contributed by atoms with Gasteiger partial charge in [-0.3, -0.25) is 4.79 Å². The van der Waals surface area contributed by atoms with Crippen molar-refractivity contribution in [3.8, 4) is 0 Å². The average Bonchev–Trinajstić information content (AvgIpc) is 2.58. The highest BCUT2D eigenvalue weighted by molar-refractivity contribution is 6.01. The number of aliphatic carboxylic acids is 1. The third-order valence-electron chi connectivity index (χ3n) is 3.45. The number of benzene rings is 2. The summed E-state index contributed by atoms with van der Waals surface area (Å²) in [6, 6.07) is 9.02. The molecule has 25 heavy (non-hydrogen) atoms. The molecular weight excluding hydrogens is 330 g/mol. The number of amides is 1. The molecule has 0 spiro atoms. The summed E-state index contributed by atoms with van der Waals surface area (Å²) in [6.07, 6.45) is 1.25. The van der Waals surface area contributed by atoms with E-state index in [2.05, 4.69) is 17.2 Å². The van der Waals surface area contributed by atoms with Crippen LogP contribution in [0.15, 0.2) is 55.2 Å². The molecule has 0 aliphatic heterocycles. The van der Waals surface area contributed by atoms with E-state index in [1.165, 1.54) is 6.20 Å². The van der Waals surface area contributed by atoms with Gasteiger partial charge in [0.05, 0.1) is 11.3 Å². The van der Waals surface area contributed by atoms with Crippen LogP contribution in [0.5, 0.6) is 0 Å². The van der Waals surface area contributed by atoms with Gasteiger partial charge in [-0.1, -0.05) is 36.9 Å². The predicted octanol–water partition coefficient (Wildman–Crippen LogP) is 2.95. The van der Waals surface area contributed by atoms with Gasteiger partial charge in [-0.15, -0.1) is 0 Å². The Kier molecular flexibility index (Phi) is 5.84. The molecule has 2 rings (SSSR count). The summed E-state index contributed by atoms with van der Waals surface area (Å²) in [5.41, 5.74) is 0.471. The van der Waals surface area contributed by atoms with E-state index in [9.17, 15) is 23.5 Å². The second-order valence-electron chi connectivity index (χ2n) is 5.21. The summed E-state index contributed by atoms with van der Waals surface area (Å²) in [4.78, 5) is 23.8. The molecule has 0 aliphatic carbocycles. The van der Waals surface area contributed by atoms with Crippen molar-refractivity contribution in [3.63, 3.8) is 0 Å². The van der Waals surface area contributed by atoms with Crippen LogP contribution in [0.3, 0.4) is 0 Å². The lowest BCUT2D eigenvalue weighted by atomic mass is 10.0. The van der Waals surface area contributed by atoms with Gasteiger partial charge in [0.15, 0.2) is 11.6 Å². The van der Waals surface area contributed by atoms with E-state index >= 15 is 0 Å². The summed E-state index contributed by atoms with van der Waals surface area (Å²) >= 11 is 0.